The normalized spacial score (nSPS) is 9.62. The number of carbonyl (C=O) groups is 2. The molecule has 0 spiro atoms. The van der Waals surface area contributed by atoms with Crippen LogP contribution in [0.15, 0.2) is 12.1 Å². The van der Waals surface area contributed by atoms with Crippen LogP contribution in [0.5, 0.6) is 17.2 Å². The third kappa shape index (κ3) is 6.98. The maximum absolute atomic E-state index is 12.2. The number of nitrogens with one attached hydrogen (secondary N) is 1. The van der Waals surface area contributed by atoms with E-state index >= 15 is 0 Å². The second-order valence-corrected chi connectivity index (χ2v) is 4.85. The summed E-state index contributed by atoms with van der Waals surface area (Å²) in [7, 11) is 4.46. The molecule has 0 bridgehead atoms. The molecule has 0 aliphatic carbocycles. The van der Waals surface area contributed by atoms with Crippen molar-refractivity contribution in [1.29, 1.82) is 0 Å². The number of benzene rings is 1. The zero-order valence-corrected chi connectivity index (χ0v) is 16.6. The van der Waals surface area contributed by atoms with Gasteiger partial charge in [0, 0.05) is 18.1 Å². The molecule has 0 saturated carbocycles. The molecule has 0 aliphatic rings. The Morgan fingerprint density at radius 3 is 2.04 bits per heavy atom. The first-order valence-corrected chi connectivity index (χ1v) is 7.31. The quantitative estimate of drug-likeness (QED) is 0.380. The first-order valence-electron chi connectivity index (χ1n) is 7.31. The van der Waals surface area contributed by atoms with Crippen molar-refractivity contribution in [2.75, 3.05) is 27.9 Å². The molecule has 1 N–H and O–H groups in total. The van der Waals surface area contributed by atoms with Crippen LogP contribution in [0.3, 0.4) is 0 Å². The van der Waals surface area contributed by atoms with Crippen molar-refractivity contribution < 1.29 is 58.5 Å². The van der Waals surface area contributed by atoms with Gasteiger partial charge in [-0.3, -0.25) is 4.79 Å². The monoisotopic (exact) mass is 347 g/mol. The maximum atomic E-state index is 12.2. The summed E-state index contributed by atoms with van der Waals surface area (Å²) < 4.78 is 15.6. The van der Waals surface area contributed by atoms with Gasteiger partial charge in [-0.1, -0.05) is 6.42 Å². The Labute approximate surface area is 164 Å². The van der Waals surface area contributed by atoms with Gasteiger partial charge in [0.1, 0.15) is 0 Å². The van der Waals surface area contributed by atoms with Crippen molar-refractivity contribution in [3.63, 3.8) is 0 Å². The van der Waals surface area contributed by atoms with E-state index in [1.807, 2.05) is 0 Å². The topological polar surface area (TPSA) is 96.9 Å². The molecule has 0 atom stereocenters. The van der Waals surface area contributed by atoms with Crippen molar-refractivity contribution in [3.8, 4) is 17.2 Å². The molecule has 1 rings (SSSR count). The fourth-order valence-electron chi connectivity index (χ4n) is 2.09. The average Bonchev–Trinajstić information content (AvgIpc) is 2.55. The number of carboxylic acids is 1. The summed E-state index contributed by atoms with van der Waals surface area (Å²) in [4.78, 5) is 22.4. The molecule has 0 aliphatic heterocycles. The van der Waals surface area contributed by atoms with Crippen molar-refractivity contribution >= 4 is 11.9 Å². The molecule has 128 valence electrons. The Morgan fingerprint density at radius 2 is 1.58 bits per heavy atom. The summed E-state index contributed by atoms with van der Waals surface area (Å²) in [5, 5.41) is 13.1. The van der Waals surface area contributed by atoms with E-state index in [0.717, 1.165) is 0 Å². The number of ether oxygens (including phenoxy) is 3. The minimum absolute atomic E-state index is 0. The number of hydrogen-bond donors (Lipinski definition) is 1. The first kappa shape index (κ1) is 22.6. The standard InChI is InChI=1S/C16H23NO6.Na/c1-21-12-9-11(10-13(22-2)15(12)23-3)16(20)17-8-6-4-5-7-14(18)19;/h9-10H,4-8H2,1-3H3,(H,17,20)(H,18,19);/q;+1/p-1. The fraction of sp³-hybridized carbons (Fsp3) is 0.500. The third-order valence-electron chi connectivity index (χ3n) is 3.27. The van der Waals surface area contributed by atoms with E-state index < -0.39 is 5.97 Å². The van der Waals surface area contributed by atoms with E-state index in [1.54, 1.807) is 12.1 Å². The number of aliphatic carboxylic acids is 1. The van der Waals surface area contributed by atoms with E-state index in [1.165, 1.54) is 21.3 Å². The Balaban J connectivity index is 0.00000529. The van der Waals surface area contributed by atoms with Crippen LogP contribution in [0.1, 0.15) is 36.0 Å². The Hall–Kier alpha value is -1.44. The number of carboxylic acid groups (broad SMARTS) is 1. The van der Waals surface area contributed by atoms with Crippen molar-refractivity contribution in [1.82, 2.24) is 5.32 Å². The predicted molar refractivity (Wildman–Crippen MR) is 81.9 cm³/mol. The van der Waals surface area contributed by atoms with E-state index in [9.17, 15) is 14.7 Å². The van der Waals surface area contributed by atoms with Gasteiger partial charge in [0.05, 0.1) is 21.3 Å². The molecule has 0 saturated heterocycles. The summed E-state index contributed by atoms with van der Waals surface area (Å²) in [6, 6.07) is 3.15. The maximum Gasteiger partial charge on any atom is 1.00 e. The first-order chi connectivity index (χ1) is 11.0. The van der Waals surface area contributed by atoms with Gasteiger partial charge in [0.25, 0.3) is 5.91 Å². The van der Waals surface area contributed by atoms with E-state index in [-0.39, 0.29) is 41.9 Å². The van der Waals surface area contributed by atoms with E-state index in [2.05, 4.69) is 5.32 Å². The Bertz CT molecular complexity index is 524. The van der Waals surface area contributed by atoms with Crippen LogP contribution in [0.2, 0.25) is 0 Å². The zero-order valence-electron chi connectivity index (χ0n) is 14.6. The van der Waals surface area contributed by atoms with Crippen LogP contribution < -0.4 is 54.2 Å². The Kier molecular flexibility index (Phi) is 11.3. The van der Waals surface area contributed by atoms with Crippen LogP contribution in [-0.4, -0.2) is 39.8 Å². The molecule has 1 aromatic rings. The predicted octanol–water partition coefficient (Wildman–Crippen LogP) is -2.24. The summed E-state index contributed by atoms with van der Waals surface area (Å²) in [6.45, 7) is 0.461. The van der Waals surface area contributed by atoms with Gasteiger partial charge >= 0.3 is 29.6 Å². The summed E-state index contributed by atoms with van der Waals surface area (Å²) in [5.41, 5.74) is 0.397. The zero-order chi connectivity index (χ0) is 17.2. The molecular formula is C16H22NNaO6. The molecule has 7 nitrogen and oxygen atoms in total. The van der Waals surface area contributed by atoms with Gasteiger partial charge < -0.3 is 29.4 Å². The van der Waals surface area contributed by atoms with Crippen LogP contribution in [0.25, 0.3) is 0 Å². The number of carbonyl (C=O) groups excluding carboxylic acids is 2. The average molecular weight is 347 g/mol. The van der Waals surface area contributed by atoms with Gasteiger partial charge in [-0.05, 0) is 31.4 Å². The minimum atomic E-state index is -1.05. The van der Waals surface area contributed by atoms with Crippen LogP contribution in [-0.2, 0) is 4.79 Å². The number of rotatable bonds is 10. The van der Waals surface area contributed by atoms with E-state index in [0.29, 0.717) is 48.6 Å². The molecule has 0 unspecified atom stereocenters. The van der Waals surface area contributed by atoms with Gasteiger partial charge in [0.2, 0.25) is 5.75 Å². The summed E-state index contributed by atoms with van der Waals surface area (Å²) in [5.74, 6) is -0.0682. The van der Waals surface area contributed by atoms with Gasteiger partial charge in [0.15, 0.2) is 11.5 Å². The third-order valence-corrected chi connectivity index (χ3v) is 3.27. The molecule has 1 aromatic carbocycles. The second kappa shape index (κ2) is 12.0. The van der Waals surface area contributed by atoms with E-state index in [4.69, 9.17) is 14.2 Å². The SMILES string of the molecule is COc1cc(C(=O)NCCCCCC(=O)[O-])cc(OC)c1OC.[Na+]. The van der Waals surface area contributed by atoms with Crippen molar-refractivity contribution in [3.05, 3.63) is 17.7 Å². The molecule has 0 fully saturated rings. The van der Waals surface area contributed by atoms with Gasteiger partial charge in [-0.15, -0.1) is 0 Å². The molecule has 0 heterocycles. The van der Waals surface area contributed by atoms with Crippen LogP contribution in [0, 0.1) is 0 Å². The van der Waals surface area contributed by atoms with Crippen LogP contribution in [0.4, 0.5) is 0 Å². The fourth-order valence-corrected chi connectivity index (χ4v) is 2.09. The molecule has 8 heteroatoms. The molecule has 24 heavy (non-hydrogen) atoms. The molecule has 1 amide bonds. The van der Waals surface area contributed by atoms with Crippen LogP contribution >= 0.6 is 0 Å². The Morgan fingerprint density at radius 1 is 1.00 bits per heavy atom. The smallest absolute Gasteiger partial charge is 0.550 e. The summed E-state index contributed by atoms with van der Waals surface area (Å²) >= 11 is 0. The second-order valence-electron chi connectivity index (χ2n) is 4.85. The van der Waals surface area contributed by atoms with Crippen molar-refractivity contribution in [2.24, 2.45) is 0 Å². The van der Waals surface area contributed by atoms with Crippen molar-refractivity contribution in [2.45, 2.75) is 25.7 Å². The van der Waals surface area contributed by atoms with Gasteiger partial charge in [-0.25, -0.2) is 0 Å². The number of amides is 1. The summed E-state index contributed by atoms with van der Waals surface area (Å²) in [6.07, 6.45) is 2.00. The number of unbranched alkanes of at least 4 members (excludes halogenated alkanes) is 2. The molecule has 0 radical (unpaired) electrons. The molecular weight excluding hydrogens is 325 g/mol. The number of methoxy groups -OCH3 is 3. The van der Waals surface area contributed by atoms with Gasteiger partial charge in [-0.2, -0.15) is 0 Å². The minimum Gasteiger partial charge on any atom is -0.550 e. The number of hydrogen-bond acceptors (Lipinski definition) is 6. The molecule has 0 aromatic heterocycles. The largest absolute Gasteiger partial charge is 1.00 e.